The predicted octanol–water partition coefficient (Wildman–Crippen LogP) is 1.83. The lowest BCUT2D eigenvalue weighted by Gasteiger charge is -2.10. The monoisotopic (exact) mass is 283 g/mol. The van der Waals surface area contributed by atoms with Gasteiger partial charge in [-0.3, -0.25) is 0 Å². The molecule has 1 fully saturated rings. The molecule has 6 heteroatoms. The van der Waals surface area contributed by atoms with E-state index in [1.807, 2.05) is 13.8 Å². The fraction of sp³-hybridized carbons (Fsp3) is 0.538. The van der Waals surface area contributed by atoms with Crippen LogP contribution in [0.2, 0.25) is 0 Å². The minimum Gasteiger partial charge on any atom is -0.458 e. The highest BCUT2D eigenvalue weighted by Gasteiger charge is 2.30. The van der Waals surface area contributed by atoms with E-state index in [2.05, 4.69) is 4.98 Å². The quantitative estimate of drug-likeness (QED) is 0.771. The summed E-state index contributed by atoms with van der Waals surface area (Å²) in [4.78, 5) is 15.7. The van der Waals surface area contributed by atoms with Crippen LogP contribution in [0.25, 0.3) is 0 Å². The second-order valence-electron chi connectivity index (χ2n) is 5.13. The van der Waals surface area contributed by atoms with Crippen molar-refractivity contribution in [3.63, 3.8) is 0 Å². The molecule has 0 bridgehead atoms. The smallest absolute Gasteiger partial charge is 0.358 e. The topological polar surface area (TPSA) is 73.3 Å². The minimum atomic E-state index is -3.51. The van der Waals surface area contributed by atoms with Gasteiger partial charge in [-0.1, -0.05) is 13.8 Å². The maximum atomic E-state index is 12.2. The molecule has 1 aromatic heterocycles. The SMILES string of the molecule is CC(C)CS(=O)(=O)c1cccnc1C(=O)OC1CC1. The van der Waals surface area contributed by atoms with Gasteiger partial charge in [0.25, 0.3) is 0 Å². The van der Waals surface area contributed by atoms with E-state index in [1.54, 1.807) is 0 Å². The molecule has 104 valence electrons. The molecule has 1 aliphatic carbocycles. The third kappa shape index (κ3) is 3.53. The van der Waals surface area contributed by atoms with Gasteiger partial charge < -0.3 is 4.74 Å². The standard InChI is InChI=1S/C13H17NO4S/c1-9(2)8-19(16,17)11-4-3-7-14-12(11)13(15)18-10-5-6-10/h3-4,7,9-10H,5-6,8H2,1-2H3. The molecular weight excluding hydrogens is 266 g/mol. The maximum absolute atomic E-state index is 12.2. The first-order valence-corrected chi connectivity index (χ1v) is 7.94. The van der Waals surface area contributed by atoms with Crippen LogP contribution in [0.1, 0.15) is 37.2 Å². The van der Waals surface area contributed by atoms with Crippen molar-refractivity contribution in [3.05, 3.63) is 24.0 Å². The van der Waals surface area contributed by atoms with Gasteiger partial charge in [0.05, 0.1) is 5.75 Å². The van der Waals surface area contributed by atoms with Crippen molar-refractivity contribution in [2.45, 2.75) is 37.7 Å². The van der Waals surface area contributed by atoms with Crippen LogP contribution in [0.15, 0.2) is 23.2 Å². The first-order valence-electron chi connectivity index (χ1n) is 6.29. The van der Waals surface area contributed by atoms with E-state index in [0.29, 0.717) is 0 Å². The molecule has 19 heavy (non-hydrogen) atoms. The molecule has 0 aliphatic heterocycles. The van der Waals surface area contributed by atoms with Crippen LogP contribution in [0.3, 0.4) is 0 Å². The highest BCUT2D eigenvalue weighted by atomic mass is 32.2. The molecule has 1 aliphatic rings. The molecule has 0 aromatic carbocycles. The first kappa shape index (κ1) is 14.0. The van der Waals surface area contributed by atoms with Crippen molar-refractivity contribution >= 4 is 15.8 Å². The summed E-state index contributed by atoms with van der Waals surface area (Å²) in [5.41, 5.74) is -0.102. The summed E-state index contributed by atoms with van der Waals surface area (Å²) >= 11 is 0. The minimum absolute atomic E-state index is 0.0115. The summed E-state index contributed by atoms with van der Waals surface area (Å²) in [6.45, 7) is 3.63. The van der Waals surface area contributed by atoms with E-state index >= 15 is 0 Å². The molecule has 0 spiro atoms. The molecule has 0 atom stereocenters. The Morgan fingerprint density at radius 2 is 2.16 bits per heavy atom. The average molecular weight is 283 g/mol. The molecule has 0 amide bonds. The summed E-state index contributed by atoms with van der Waals surface area (Å²) < 4.78 is 29.6. The number of hydrogen-bond acceptors (Lipinski definition) is 5. The van der Waals surface area contributed by atoms with Crippen molar-refractivity contribution in [1.29, 1.82) is 0 Å². The van der Waals surface area contributed by atoms with E-state index < -0.39 is 15.8 Å². The van der Waals surface area contributed by atoms with Crippen molar-refractivity contribution in [2.24, 2.45) is 5.92 Å². The molecule has 1 aromatic rings. The fourth-order valence-corrected chi connectivity index (χ4v) is 3.49. The van der Waals surface area contributed by atoms with Gasteiger partial charge in [-0.25, -0.2) is 18.2 Å². The summed E-state index contributed by atoms with van der Waals surface area (Å²) in [7, 11) is -3.51. The molecule has 0 unspecified atom stereocenters. The Labute approximate surface area is 112 Å². The van der Waals surface area contributed by atoms with Crippen LogP contribution in [0.4, 0.5) is 0 Å². The predicted molar refractivity (Wildman–Crippen MR) is 69.6 cm³/mol. The highest BCUT2D eigenvalue weighted by molar-refractivity contribution is 7.91. The van der Waals surface area contributed by atoms with Crippen molar-refractivity contribution in [1.82, 2.24) is 4.98 Å². The number of ether oxygens (including phenoxy) is 1. The number of pyridine rings is 1. The third-order valence-corrected chi connectivity index (χ3v) is 4.75. The molecule has 2 rings (SSSR count). The van der Waals surface area contributed by atoms with Crippen LogP contribution in [0.5, 0.6) is 0 Å². The number of sulfone groups is 1. The van der Waals surface area contributed by atoms with Crippen LogP contribution >= 0.6 is 0 Å². The number of carbonyl (C=O) groups excluding carboxylic acids is 1. The van der Waals surface area contributed by atoms with Crippen LogP contribution < -0.4 is 0 Å². The number of esters is 1. The van der Waals surface area contributed by atoms with Crippen molar-refractivity contribution in [3.8, 4) is 0 Å². The number of nitrogens with zero attached hydrogens (tertiary/aromatic N) is 1. The summed E-state index contributed by atoms with van der Waals surface area (Å²) in [6.07, 6.45) is 3.01. The molecule has 1 heterocycles. The summed E-state index contributed by atoms with van der Waals surface area (Å²) in [5.74, 6) is -0.675. The Morgan fingerprint density at radius 1 is 1.47 bits per heavy atom. The molecule has 5 nitrogen and oxygen atoms in total. The van der Waals surface area contributed by atoms with Crippen molar-refractivity contribution < 1.29 is 17.9 Å². The summed E-state index contributed by atoms with van der Waals surface area (Å²) in [6, 6.07) is 2.93. The Bertz CT molecular complexity index is 576. The average Bonchev–Trinajstić information content (AvgIpc) is 3.11. The van der Waals surface area contributed by atoms with Gasteiger partial charge in [-0.05, 0) is 30.9 Å². The van der Waals surface area contributed by atoms with E-state index in [-0.39, 0.29) is 28.4 Å². The second-order valence-corrected chi connectivity index (χ2v) is 7.13. The van der Waals surface area contributed by atoms with E-state index in [0.717, 1.165) is 12.8 Å². The summed E-state index contributed by atoms with van der Waals surface area (Å²) in [5, 5.41) is 0. The van der Waals surface area contributed by atoms with Gasteiger partial charge in [0.1, 0.15) is 11.0 Å². The van der Waals surface area contributed by atoms with Gasteiger partial charge in [-0.15, -0.1) is 0 Å². The Hall–Kier alpha value is -1.43. The molecule has 0 N–H and O–H groups in total. The normalized spacial score (nSPS) is 15.5. The lowest BCUT2D eigenvalue weighted by molar-refractivity contribution is 0.0460. The van der Waals surface area contributed by atoms with Gasteiger partial charge in [0.2, 0.25) is 0 Å². The molecule has 1 saturated carbocycles. The number of aromatic nitrogens is 1. The van der Waals surface area contributed by atoms with E-state index in [1.165, 1.54) is 18.3 Å². The lowest BCUT2D eigenvalue weighted by atomic mass is 10.3. The van der Waals surface area contributed by atoms with Crippen molar-refractivity contribution in [2.75, 3.05) is 5.75 Å². The lowest BCUT2D eigenvalue weighted by Crippen LogP contribution is -2.18. The van der Waals surface area contributed by atoms with Crippen LogP contribution in [0, 0.1) is 5.92 Å². The highest BCUT2D eigenvalue weighted by Crippen LogP contribution is 2.26. The number of hydrogen-bond donors (Lipinski definition) is 0. The largest absolute Gasteiger partial charge is 0.458 e. The molecule has 0 saturated heterocycles. The van der Waals surface area contributed by atoms with Gasteiger partial charge in [0, 0.05) is 6.20 Å². The van der Waals surface area contributed by atoms with E-state index in [4.69, 9.17) is 4.74 Å². The van der Waals surface area contributed by atoms with E-state index in [9.17, 15) is 13.2 Å². The van der Waals surface area contributed by atoms with Gasteiger partial charge in [0.15, 0.2) is 15.5 Å². The first-order chi connectivity index (χ1) is 8.90. The second kappa shape index (κ2) is 5.28. The number of carbonyl (C=O) groups is 1. The molecule has 0 radical (unpaired) electrons. The Kier molecular flexibility index (Phi) is 3.89. The maximum Gasteiger partial charge on any atom is 0.358 e. The van der Waals surface area contributed by atoms with Gasteiger partial charge >= 0.3 is 5.97 Å². The fourth-order valence-electron chi connectivity index (χ4n) is 1.72. The Morgan fingerprint density at radius 3 is 2.74 bits per heavy atom. The zero-order valence-corrected chi connectivity index (χ0v) is 11.8. The Balaban J connectivity index is 2.32. The van der Waals surface area contributed by atoms with Crippen LogP contribution in [-0.2, 0) is 14.6 Å². The number of rotatable bonds is 5. The molecular formula is C13H17NO4S. The zero-order valence-electron chi connectivity index (χ0n) is 11.0. The zero-order chi connectivity index (χ0) is 14.0. The van der Waals surface area contributed by atoms with Crippen LogP contribution in [-0.4, -0.2) is 31.2 Å². The third-order valence-electron chi connectivity index (χ3n) is 2.65. The van der Waals surface area contributed by atoms with Gasteiger partial charge in [-0.2, -0.15) is 0 Å².